The normalized spacial score (nSPS) is 11.5. The van der Waals surface area contributed by atoms with E-state index < -0.39 is 0 Å². The molecule has 0 atom stereocenters. The molecule has 0 saturated heterocycles. The Balaban J connectivity index is 1.76. The summed E-state index contributed by atoms with van der Waals surface area (Å²) in [5, 5.41) is 8.13. The molecular weight excluding hydrogens is 292 g/mol. The first-order valence-corrected chi connectivity index (χ1v) is 7.06. The van der Waals surface area contributed by atoms with Crippen LogP contribution in [0.4, 0.5) is 0 Å². The van der Waals surface area contributed by atoms with Crippen molar-refractivity contribution in [3.8, 4) is 22.6 Å². The summed E-state index contributed by atoms with van der Waals surface area (Å²) in [5.41, 5.74) is 5.02. The highest BCUT2D eigenvalue weighted by molar-refractivity contribution is 5.95. The molecule has 0 amide bonds. The van der Waals surface area contributed by atoms with Gasteiger partial charge in [0.15, 0.2) is 11.5 Å². The van der Waals surface area contributed by atoms with Crippen LogP contribution < -0.4 is 0 Å². The summed E-state index contributed by atoms with van der Waals surface area (Å²) in [6.07, 6.45) is 8.57. The van der Waals surface area contributed by atoms with Crippen LogP contribution in [0, 0.1) is 0 Å². The molecule has 0 aliphatic rings. The summed E-state index contributed by atoms with van der Waals surface area (Å²) in [6.45, 7) is 0. The van der Waals surface area contributed by atoms with Crippen LogP contribution in [0.15, 0.2) is 53.7 Å². The maximum absolute atomic E-state index is 5.16. The van der Waals surface area contributed by atoms with Gasteiger partial charge in [-0.1, -0.05) is 0 Å². The van der Waals surface area contributed by atoms with Crippen LogP contribution in [0.2, 0.25) is 0 Å². The third-order valence-corrected chi connectivity index (χ3v) is 3.79. The zero-order valence-corrected chi connectivity index (χ0v) is 11.8. The molecule has 7 heteroatoms. The zero-order valence-electron chi connectivity index (χ0n) is 11.8. The fourth-order valence-corrected chi connectivity index (χ4v) is 2.71. The average Bonchev–Trinajstić information content (AvgIpc) is 3.32. The summed E-state index contributed by atoms with van der Waals surface area (Å²) >= 11 is 0. The van der Waals surface area contributed by atoms with Gasteiger partial charge >= 0.3 is 0 Å². The molecule has 0 fully saturated rings. The van der Waals surface area contributed by atoms with E-state index in [1.54, 1.807) is 31.1 Å². The first kappa shape index (κ1) is 12.1. The number of fused-ring (bicyclic) bond motifs is 2. The lowest BCUT2D eigenvalue weighted by Gasteiger charge is -1.96. The molecule has 0 unspecified atom stereocenters. The molecule has 0 aliphatic carbocycles. The summed E-state index contributed by atoms with van der Waals surface area (Å²) in [6, 6.07) is 5.73. The minimum atomic E-state index is 0.663. The van der Waals surface area contributed by atoms with Gasteiger partial charge in [0, 0.05) is 28.9 Å². The van der Waals surface area contributed by atoms with Crippen LogP contribution in [0.1, 0.15) is 0 Å². The van der Waals surface area contributed by atoms with Crippen LogP contribution >= 0.6 is 0 Å². The van der Waals surface area contributed by atoms with Gasteiger partial charge in [0.25, 0.3) is 0 Å². The number of hydrogen-bond acceptors (Lipinski definition) is 5. The Bertz CT molecular complexity index is 1120. The first-order chi connectivity index (χ1) is 11.4. The molecule has 5 heterocycles. The van der Waals surface area contributed by atoms with Gasteiger partial charge in [0.2, 0.25) is 0 Å². The van der Waals surface area contributed by atoms with Crippen LogP contribution in [0.5, 0.6) is 0 Å². The van der Waals surface area contributed by atoms with Gasteiger partial charge in [-0.3, -0.25) is 10.1 Å². The molecule has 5 aromatic heterocycles. The number of aromatic amines is 2. The lowest BCUT2D eigenvalue weighted by Crippen LogP contribution is -1.82. The SMILES string of the molecule is c1cnc2n[nH]c(-c3nc4c(-c5ccoc5)cncc4[nH]3)c2c1. The van der Waals surface area contributed by atoms with Crippen molar-refractivity contribution in [3.63, 3.8) is 0 Å². The summed E-state index contributed by atoms with van der Waals surface area (Å²) in [7, 11) is 0. The quantitative estimate of drug-likeness (QED) is 0.522. The lowest BCUT2D eigenvalue weighted by atomic mass is 10.1. The Labute approximate surface area is 129 Å². The highest BCUT2D eigenvalue weighted by Crippen LogP contribution is 2.30. The van der Waals surface area contributed by atoms with E-state index in [9.17, 15) is 0 Å². The summed E-state index contributed by atoms with van der Waals surface area (Å²) < 4.78 is 5.16. The molecular formula is C16H10N6O. The molecule has 110 valence electrons. The summed E-state index contributed by atoms with van der Waals surface area (Å²) in [4.78, 5) is 16.5. The van der Waals surface area contributed by atoms with Crippen molar-refractivity contribution in [3.05, 3.63) is 49.3 Å². The van der Waals surface area contributed by atoms with Crippen LogP contribution in [0.3, 0.4) is 0 Å². The van der Waals surface area contributed by atoms with E-state index in [0.29, 0.717) is 11.5 Å². The molecule has 0 aliphatic heterocycles. The van der Waals surface area contributed by atoms with E-state index in [4.69, 9.17) is 9.40 Å². The van der Waals surface area contributed by atoms with Gasteiger partial charge in [-0.15, -0.1) is 0 Å². The molecule has 0 spiro atoms. The van der Waals surface area contributed by atoms with E-state index in [1.807, 2.05) is 18.2 Å². The zero-order chi connectivity index (χ0) is 15.2. The van der Waals surface area contributed by atoms with Crippen molar-refractivity contribution in [1.29, 1.82) is 0 Å². The lowest BCUT2D eigenvalue weighted by molar-refractivity contribution is 0.568. The first-order valence-electron chi connectivity index (χ1n) is 7.06. The van der Waals surface area contributed by atoms with E-state index in [2.05, 4.69) is 25.1 Å². The minimum absolute atomic E-state index is 0.663. The number of nitrogens with zero attached hydrogens (tertiary/aromatic N) is 4. The average molecular weight is 302 g/mol. The minimum Gasteiger partial charge on any atom is -0.472 e. The number of hydrogen-bond donors (Lipinski definition) is 2. The van der Waals surface area contributed by atoms with Crippen molar-refractivity contribution in [1.82, 2.24) is 30.1 Å². The highest BCUT2D eigenvalue weighted by atomic mass is 16.3. The van der Waals surface area contributed by atoms with Gasteiger partial charge < -0.3 is 9.40 Å². The van der Waals surface area contributed by atoms with Crippen LogP contribution in [-0.4, -0.2) is 30.1 Å². The fraction of sp³-hybridized carbons (Fsp3) is 0. The number of rotatable bonds is 2. The second kappa shape index (κ2) is 4.51. The number of nitrogens with one attached hydrogen (secondary N) is 2. The molecule has 5 aromatic rings. The van der Waals surface area contributed by atoms with Gasteiger partial charge in [0.05, 0.1) is 24.2 Å². The monoisotopic (exact) mass is 302 g/mol. The topological polar surface area (TPSA) is 96.3 Å². The fourth-order valence-electron chi connectivity index (χ4n) is 2.71. The predicted octanol–water partition coefficient (Wildman–Crippen LogP) is 3.16. The number of imidazole rings is 1. The number of H-pyrrole nitrogens is 2. The van der Waals surface area contributed by atoms with Crippen molar-refractivity contribution in [2.75, 3.05) is 0 Å². The smallest absolute Gasteiger partial charge is 0.181 e. The van der Waals surface area contributed by atoms with Gasteiger partial charge in [-0.05, 0) is 18.2 Å². The van der Waals surface area contributed by atoms with Gasteiger partial charge in [0.1, 0.15) is 11.2 Å². The molecule has 0 aromatic carbocycles. The number of furan rings is 1. The Morgan fingerprint density at radius 1 is 1.13 bits per heavy atom. The van der Waals surface area contributed by atoms with Crippen molar-refractivity contribution < 1.29 is 4.42 Å². The summed E-state index contributed by atoms with van der Waals surface area (Å²) in [5.74, 6) is 0.702. The maximum atomic E-state index is 5.16. The van der Waals surface area contributed by atoms with Crippen LogP contribution in [0.25, 0.3) is 44.7 Å². The van der Waals surface area contributed by atoms with E-state index in [0.717, 1.165) is 33.2 Å². The Hall–Kier alpha value is -3.48. The molecule has 2 N–H and O–H groups in total. The van der Waals surface area contributed by atoms with E-state index in [-0.39, 0.29) is 0 Å². The largest absolute Gasteiger partial charge is 0.472 e. The Morgan fingerprint density at radius 2 is 2.13 bits per heavy atom. The molecule has 0 saturated carbocycles. The van der Waals surface area contributed by atoms with E-state index >= 15 is 0 Å². The maximum Gasteiger partial charge on any atom is 0.181 e. The van der Waals surface area contributed by atoms with Crippen molar-refractivity contribution in [2.24, 2.45) is 0 Å². The molecule has 0 bridgehead atoms. The van der Waals surface area contributed by atoms with Gasteiger partial charge in [-0.2, -0.15) is 5.10 Å². The standard InChI is InChI=1S/C16H10N6O/c1-2-10-14(21-22-15(10)18-4-1)16-19-12-7-17-6-11(13(12)20-16)9-3-5-23-8-9/h1-8H,(H,19,20)(H,18,21,22). The number of aromatic nitrogens is 6. The molecule has 0 radical (unpaired) electrons. The second-order valence-electron chi connectivity index (χ2n) is 5.15. The molecule has 5 rings (SSSR count). The van der Waals surface area contributed by atoms with Crippen molar-refractivity contribution >= 4 is 22.1 Å². The second-order valence-corrected chi connectivity index (χ2v) is 5.15. The van der Waals surface area contributed by atoms with E-state index in [1.165, 1.54) is 0 Å². The van der Waals surface area contributed by atoms with Gasteiger partial charge in [-0.25, -0.2) is 9.97 Å². The van der Waals surface area contributed by atoms with Crippen molar-refractivity contribution in [2.45, 2.75) is 0 Å². The third kappa shape index (κ3) is 1.76. The Kier molecular flexibility index (Phi) is 2.37. The number of pyridine rings is 2. The third-order valence-electron chi connectivity index (χ3n) is 3.79. The van der Waals surface area contributed by atoms with Crippen LogP contribution in [-0.2, 0) is 0 Å². The Morgan fingerprint density at radius 3 is 3.04 bits per heavy atom. The predicted molar refractivity (Wildman–Crippen MR) is 84.5 cm³/mol. The molecule has 23 heavy (non-hydrogen) atoms. The highest BCUT2D eigenvalue weighted by Gasteiger charge is 2.15. The molecule has 7 nitrogen and oxygen atoms in total.